The number of hydrogen-bond acceptors (Lipinski definition) is 9. The first-order chi connectivity index (χ1) is 16.2. The van der Waals surface area contributed by atoms with Gasteiger partial charge in [-0.2, -0.15) is 15.1 Å². The summed E-state index contributed by atoms with van der Waals surface area (Å²) in [4.78, 5) is 24.6. The van der Waals surface area contributed by atoms with E-state index in [1.165, 1.54) is 25.0 Å². The highest BCUT2D eigenvalue weighted by Gasteiger charge is 2.20. The summed E-state index contributed by atoms with van der Waals surface area (Å²) in [6.07, 6.45) is 6.23. The molecular weight excluding hydrogens is 422 g/mol. The third kappa shape index (κ3) is 4.79. The molecule has 0 saturated carbocycles. The summed E-state index contributed by atoms with van der Waals surface area (Å²) < 4.78 is 5.79. The molecule has 1 N–H and O–H groups in total. The largest absolute Gasteiger partial charge is 0.455 e. The van der Waals surface area contributed by atoms with E-state index in [9.17, 15) is 10.1 Å². The Bertz CT molecular complexity index is 1130. The number of rotatable bonds is 7. The molecule has 10 nitrogen and oxygen atoms in total. The van der Waals surface area contributed by atoms with E-state index < -0.39 is 4.92 Å². The highest BCUT2D eigenvalue weighted by atomic mass is 16.6. The number of nitro groups is 1. The van der Waals surface area contributed by atoms with Crippen LogP contribution in [0, 0.1) is 10.1 Å². The number of hydrazone groups is 1. The van der Waals surface area contributed by atoms with Gasteiger partial charge in [0.2, 0.25) is 5.95 Å². The smallest absolute Gasteiger partial charge is 0.270 e. The maximum atomic E-state index is 11.0. The molecule has 0 spiro atoms. The van der Waals surface area contributed by atoms with Crippen LogP contribution in [-0.4, -0.2) is 47.3 Å². The minimum Gasteiger partial charge on any atom is -0.455 e. The molecule has 5 rings (SSSR count). The second-order valence-electron chi connectivity index (χ2n) is 8.18. The molecule has 1 aromatic carbocycles. The molecule has 0 unspecified atom stereocenters. The van der Waals surface area contributed by atoms with Crippen LogP contribution in [0.3, 0.4) is 0 Å². The van der Waals surface area contributed by atoms with Crippen molar-refractivity contribution in [1.29, 1.82) is 0 Å². The van der Waals surface area contributed by atoms with Gasteiger partial charge in [-0.15, -0.1) is 0 Å². The molecule has 170 valence electrons. The predicted molar refractivity (Wildman–Crippen MR) is 127 cm³/mol. The fraction of sp³-hybridized carbons (Fsp3) is 0.348. The summed E-state index contributed by atoms with van der Waals surface area (Å²) in [6.45, 7) is 3.95. The number of furan rings is 1. The van der Waals surface area contributed by atoms with E-state index in [-0.39, 0.29) is 5.69 Å². The van der Waals surface area contributed by atoms with Crippen LogP contribution in [0.1, 0.15) is 31.4 Å². The van der Waals surface area contributed by atoms with E-state index in [0.29, 0.717) is 22.9 Å². The van der Waals surface area contributed by atoms with Crippen LogP contribution in [-0.2, 0) is 0 Å². The third-order valence-corrected chi connectivity index (χ3v) is 5.86. The molecule has 3 aromatic rings. The Morgan fingerprint density at radius 1 is 1.00 bits per heavy atom. The molecule has 0 amide bonds. The molecule has 0 atom stereocenters. The van der Waals surface area contributed by atoms with Gasteiger partial charge >= 0.3 is 0 Å². The monoisotopic (exact) mass is 447 g/mol. The number of aromatic nitrogens is 2. The zero-order chi connectivity index (χ0) is 22.6. The van der Waals surface area contributed by atoms with Crippen molar-refractivity contribution in [2.24, 2.45) is 5.10 Å². The fourth-order valence-corrected chi connectivity index (χ4v) is 4.16. The van der Waals surface area contributed by atoms with Gasteiger partial charge in [0.1, 0.15) is 17.3 Å². The van der Waals surface area contributed by atoms with Crippen molar-refractivity contribution in [2.45, 2.75) is 25.7 Å². The summed E-state index contributed by atoms with van der Waals surface area (Å²) in [7, 11) is 0. The molecule has 2 aliphatic rings. The molecule has 2 fully saturated rings. The predicted octanol–water partition coefficient (Wildman–Crippen LogP) is 4.29. The van der Waals surface area contributed by atoms with Crippen LogP contribution >= 0.6 is 0 Å². The number of benzene rings is 1. The van der Waals surface area contributed by atoms with Gasteiger partial charge in [-0.05, 0) is 37.8 Å². The van der Waals surface area contributed by atoms with E-state index in [2.05, 4.69) is 25.3 Å². The molecule has 0 aliphatic carbocycles. The minimum atomic E-state index is -0.423. The van der Waals surface area contributed by atoms with E-state index in [1.807, 2.05) is 6.07 Å². The van der Waals surface area contributed by atoms with Gasteiger partial charge in [0.25, 0.3) is 5.69 Å². The van der Waals surface area contributed by atoms with Crippen molar-refractivity contribution >= 4 is 29.5 Å². The van der Waals surface area contributed by atoms with Crippen molar-refractivity contribution in [3.63, 3.8) is 0 Å². The number of nitrogens with one attached hydrogen (secondary N) is 1. The van der Waals surface area contributed by atoms with Crippen molar-refractivity contribution in [3.8, 4) is 11.3 Å². The highest BCUT2D eigenvalue weighted by molar-refractivity contribution is 5.78. The molecule has 10 heteroatoms. The number of hydrogen-bond donors (Lipinski definition) is 1. The lowest BCUT2D eigenvalue weighted by atomic mass is 10.1. The van der Waals surface area contributed by atoms with Gasteiger partial charge in [-0.3, -0.25) is 15.5 Å². The summed E-state index contributed by atoms with van der Waals surface area (Å²) in [5, 5.41) is 15.3. The standard InChI is InChI=1S/C23H25N7O3/c31-30(32)18-7-5-6-17(14-18)20-9-8-19(33-20)16-24-27-21-15-22(28-10-1-2-11-28)26-23(25-21)29-12-3-4-13-29/h5-9,14-16H,1-4,10-13H2,(H,25,26,27)/b24-16+. The summed E-state index contributed by atoms with van der Waals surface area (Å²) in [6, 6.07) is 11.8. The second-order valence-corrected chi connectivity index (χ2v) is 8.18. The first kappa shape index (κ1) is 20.9. The van der Waals surface area contributed by atoms with Crippen LogP contribution in [0.4, 0.5) is 23.3 Å². The Morgan fingerprint density at radius 2 is 1.76 bits per heavy atom. The number of non-ortho nitro benzene ring substituents is 1. The van der Waals surface area contributed by atoms with E-state index >= 15 is 0 Å². The van der Waals surface area contributed by atoms with Crippen LogP contribution in [0.25, 0.3) is 11.3 Å². The zero-order valence-corrected chi connectivity index (χ0v) is 18.2. The number of anilines is 3. The van der Waals surface area contributed by atoms with Gasteiger partial charge in [0.15, 0.2) is 5.82 Å². The molecule has 0 radical (unpaired) electrons. The van der Waals surface area contributed by atoms with Crippen LogP contribution in [0.15, 0.2) is 52.0 Å². The van der Waals surface area contributed by atoms with Gasteiger partial charge in [0, 0.05) is 49.9 Å². The topological polar surface area (TPSA) is 113 Å². The molecule has 2 saturated heterocycles. The first-order valence-corrected chi connectivity index (χ1v) is 11.2. The van der Waals surface area contributed by atoms with Crippen LogP contribution in [0.5, 0.6) is 0 Å². The van der Waals surface area contributed by atoms with Gasteiger partial charge in [0.05, 0.1) is 11.1 Å². The molecule has 2 aromatic heterocycles. The fourth-order valence-electron chi connectivity index (χ4n) is 4.16. The molecule has 2 aliphatic heterocycles. The lowest BCUT2D eigenvalue weighted by Gasteiger charge is -2.21. The van der Waals surface area contributed by atoms with Crippen molar-refractivity contribution in [1.82, 2.24) is 9.97 Å². The van der Waals surface area contributed by atoms with Crippen molar-refractivity contribution in [2.75, 3.05) is 41.4 Å². The van der Waals surface area contributed by atoms with E-state index in [4.69, 9.17) is 9.40 Å². The minimum absolute atomic E-state index is 0.0205. The zero-order valence-electron chi connectivity index (χ0n) is 18.2. The lowest BCUT2D eigenvalue weighted by molar-refractivity contribution is -0.384. The molecular formula is C23H25N7O3. The Balaban J connectivity index is 1.32. The van der Waals surface area contributed by atoms with Crippen molar-refractivity contribution < 1.29 is 9.34 Å². The second kappa shape index (κ2) is 9.27. The Labute approximate surface area is 191 Å². The average molecular weight is 447 g/mol. The van der Waals surface area contributed by atoms with Gasteiger partial charge in [-0.25, -0.2) is 0 Å². The maximum absolute atomic E-state index is 11.0. The van der Waals surface area contributed by atoms with Crippen LogP contribution < -0.4 is 15.2 Å². The quantitative estimate of drug-likeness (QED) is 0.324. The third-order valence-electron chi connectivity index (χ3n) is 5.86. The average Bonchev–Trinajstić information content (AvgIpc) is 3.62. The maximum Gasteiger partial charge on any atom is 0.270 e. The molecule has 4 heterocycles. The lowest BCUT2D eigenvalue weighted by Crippen LogP contribution is -2.24. The summed E-state index contributed by atoms with van der Waals surface area (Å²) in [5.74, 6) is 3.36. The van der Waals surface area contributed by atoms with Gasteiger partial charge < -0.3 is 14.2 Å². The van der Waals surface area contributed by atoms with Crippen molar-refractivity contribution in [3.05, 3.63) is 58.3 Å². The molecule has 0 bridgehead atoms. The van der Waals surface area contributed by atoms with Gasteiger partial charge in [-0.1, -0.05) is 12.1 Å². The van der Waals surface area contributed by atoms with Crippen LogP contribution in [0.2, 0.25) is 0 Å². The highest BCUT2D eigenvalue weighted by Crippen LogP contribution is 2.27. The first-order valence-electron chi connectivity index (χ1n) is 11.2. The van der Waals surface area contributed by atoms with E-state index in [0.717, 1.165) is 50.8 Å². The number of nitrogens with zero attached hydrogens (tertiary/aromatic N) is 6. The Morgan fingerprint density at radius 3 is 2.52 bits per heavy atom. The molecule has 33 heavy (non-hydrogen) atoms. The Kier molecular flexibility index (Phi) is 5.88. The summed E-state index contributed by atoms with van der Waals surface area (Å²) in [5.41, 5.74) is 3.67. The van der Waals surface area contributed by atoms with E-state index in [1.54, 1.807) is 30.5 Å². The summed E-state index contributed by atoms with van der Waals surface area (Å²) >= 11 is 0. The SMILES string of the molecule is O=[N+]([O-])c1cccc(-c2ccc(/C=N/Nc3cc(N4CCCC4)nc(N4CCCC4)n3)o2)c1. The normalized spacial score (nSPS) is 16.1. The number of nitro benzene ring substituents is 1. The Hall–Kier alpha value is -3.95.